The van der Waals surface area contributed by atoms with Gasteiger partial charge in [0.25, 0.3) is 0 Å². The van der Waals surface area contributed by atoms with E-state index in [2.05, 4.69) is 69.0 Å². The van der Waals surface area contributed by atoms with E-state index in [-0.39, 0.29) is 5.70 Å². The topological polar surface area (TPSA) is 28.1 Å². The number of nitriles is 1. The van der Waals surface area contributed by atoms with Crippen molar-refractivity contribution in [3.05, 3.63) is 69.0 Å². The number of benzene rings is 1. The van der Waals surface area contributed by atoms with Crippen LogP contribution in [0.1, 0.15) is 50.3 Å². The van der Waals surface area contributed by atoms with Crippen LogP contribution in [0.15, 0.2) is 40.9 Å². The van der Waals surface area contributed by atoms with Gasteiger partial charge in [-0.05, 0) is 0 Å². The molecule has 0 saturated carbocycles. The average molecular weight is 382 g/mol. The number of hydrogen-bond donors (Lipinski definition) is 0. The molecule has 4 heteroatoms. The SMILES string of the molecule is [C-]#[N+]/C(C#N)=C1\C2=C(C=Cc3ccc(C(C)C)cc31)[CH]=[K][C](C(C)C)=P2. The molecule has 0 aromatic heterocycles. The molecule has 1 aromatic rings. The molecule has 0 N–H and O–H groups in total. The molecule has 0 spiro atoms. The Morgan fingerprint density at radius 1 is 1.19 bits per heavy atom. The van der Waals surface area contributed by atoms with E-state index in [1.165, 1.54) is 19.3 Å². The van der Waals surface area contributed by atoms with Crippen molar-refractivity contribution >= 4 is 65.3 Å². The summed E-state index contributed by atoms with van der Waals surface area (Å²) < 4.78 is 4.11. The molecule has 0 bridgehead atoms. The zero-order chi connectivity index (χ0) is 18.8. The Hall–Kier alpha value is -0.904. The van der Waals surface area contributed by atoms with Gasteiger partial charge in [0.2, 0.25) is 0 Å². The van der Waals surface area contributed by atoms with Gasteiger partial charge >= 0.3 is 185 Å². The van der Waals surface area contributed by atoms with Gasteiger partial charge in [-0.1, -0.05) is 0 Å². The molecule has 124 valence electrons. The monoisotopic (exact) mass is 382 g/mol. The quantitative estimate of drug-likeness (QED) is 0.287. The first-order chi connectivity index (χ1) is 12.5. The van der Waals surface area contributed by atoms with E-state index in [1.54, 1.807) is -0.612 Å². The van der Waals surface area contributed by atoms with E-state index >= 15 is 0 Å². The molecule has 1 heterocycles. The molecule has 0 saturated heterocycles. The van der Waals surface area contributed by atoms with Crippen LogP contribution in [0.25, 0.3) is 16.5 Å². The summed E-state index contributed by atoms with van der Waals surface area (Å²) in [6.45, 7) is 16.5. The predicted molar refractivity (Wildman–Crippen MR) is 114 cm³/mol. The number of hydrogen-bond acceptors (Lipinski definition) is 1. The van der Waals surface area contributed by atoms with Gasteiger partial charge in [0, 0.05) is 0 Å². The van der Waals surface area contributed by atoms with Gasteiger partial charge in [-0.3, -0.25) is 0 Å². The molecule has 0 amide bonds. The first-order valence-electron chi connectivity index (χ1n) is 9.27. The van der Waals surface area contributed by atoms with Crippen molar-refractivity contribution in [1.82, 2.24) is 0 Å². The third-order valence-electron chi connectivity index (χ3n) is 5.30. The number of allylic oxidation sites excluding steroid dienone is 5. The Balaban J connectivity index is 2.37. The van der Waals surface area contributed by atoms with Crippen molar-refractivity contribution in [2.24, 2.45) is 5.92 Å². The molecule has 1 aliphatic carbocycles. The molecule has 0 atom stereocenters. The second-order valence-corrected chi connectivity index (χ2v) is 13.7. The van der Waals surface area contributed by atoms with Crippen LogP contribution >= 0.6 is 8.20 Å². The molecular formula is C22H20KN2P. The van der Waals surface area contributed by atoms with Crippen molar-refractivity contribution in [2.45, 2.75) is 33.6 Å². The van der Waals surface area contributed by atoms with Crippen molar-refractivity contribution in [3.8, 4) is 6.07 Å². The molecule has 26 heavy (non-hydrogen) atoms. The van der Waals surface area contributed by atoms with E-state index in [4.69, 9.17) is 6.57 Å². The normalized spacial score (nSPS) is 17.9. The Kier molecular flexibility index (Phi) is 6.42. The Labute approximate surface area is 183 Å². The maximum absolute atomic E-state index is 9.67. The molecule has 3 rings (SSSR count). The van der Waals surface area contributed by atoms with E-state index < -0.39 is 46.0 Å². The van der Waals surface area contributed by atoms with Gasteiger partial charge in [-0.25, -0.2) is 0 Å². The molecular weight excluding hydrogens is 362 g/mol. The Morgan fingerprint density at radius 2 is 1.96 bits per heavy atom. The fourth-order valence-corrected chi connectivity index (χ4v) is 10.3. The summed E-state index contributed by atoms with van der Waals surface area (Å²) in [5.74, 6) is 0.987. The van der Waals surface area contributed by atoms with Gasteiger partial charge in [-0.2, -0.15) is 0 Å². The fraction of sp³-hybridized carbons (Fsp3) is 0.273. The van der Waals surface area contributed by atoms with E-state index in [1.807, 2.05) is 0 Å². The van der Waals surface area contributed by atoms with Gasteiger partial charge in [0.1, 0.15) is 0 Å². The summed E-state index contributed by atoms with van der Waals surface area (Å²) >= 11 is -1.16. The van der Waals surface area contributed by atoms with Gasteiger partial charge in [-0.15, -0.1) is 0 Å². The van der Waals surface area contributed by atoms with Crippen molar-refractivity contribution in [1.29, 1.82) is 5.26 Å². The van der Waals surface area contributed by atoms with Crippen LogP contribution < -0.4 is 0 Å². The van der Waals surface area contributed by atoms with Crippen LogP contribution in [0.3, 0.4) is 0 Å². The summed E-state index contributed by atoms with van der Waals surface area (Å²) in [6.07, 6.45) is 4.35. The van der Waals surface area contributed by atoms with Crippen molar-refractivity contribution in [3.63, 3.8) is 0 Å². The summed E-state index contributed by atoms with van der Waals surface area (Å²) in [7, 11) is 1.24. The van der Waals surface area contributed by atoms with E-state index in [0.717, 1.165) is 22.0 Å². The van der Waals surface area contributed by atoms with Crippen LogP contribution in [-0.2, 0) is 0 Å². The summed E-state index contributed by atoms with van der Waals surface area (Å²) in [5.41, 5.74) is 5.68. The Bertz CT molecular complexity index is 990. The van der Waals surface area contributed by atoms with Gasteiger partial charge in [0.15, 0.2) is 0 Å². The molecule has 1 aromatic carbocycles. The summed E-state index contributed by atoms with van der Waals surface area (Å²) in [6, 6.07) is 8.64. The maximum atomic E-state index is 9.67. The second-order valence-electron chi connectivity index (χ2n) is 7.57. The van der Waals surface area contributed by atoms with Crippen molar-refractivity contribution < 1.29 is 0 Å². The van der Waals surface area contributed by atoms with Crippen LogP contribution in [0, 0.1) is 23.8 Å². The first kappa shape index (κ1) is 19.8. The molecule has 4 radical (unpaired) electrons. The molecule has 0 unspecified atom stereocenters. The van der Waals surface area contributed by atoms with Crippen LogP contribution in [-0.4, -0.2) is 45.4 Å². The van der Waals surface area contributed by atoms with Crippen LogP contribution in [0.5, 0.6) is 0 Å². The van der Waals surface area contributed by atoms with Crippen LogP contribution in [0.2, 0.25) is 0 Å². The number of nitrogens with zero attached hydrogens (tertiary/aromatic N) is 2. The van der Waals surface area contributed by atoms with E-state index in [9.17, 15) is 5.26 Å². The summed E-state index contributed by atoms with van der Waals surface area (Å²) in [4.78, 5) is 3.60. The molecule has 1 aliphatic heterocycles. The molecule has 2 aliphatic rings. The Morgan fingerprint density at radius 3 is 2.58 bits per heavy atom. The number of fused-ring (bicyclic) bond motifs is 1. The fourth-order valence-electron chi connectivity index (χ4n) is 3.56. The average Bonchev–Trinajstić information content (AvgIpc) is 2.79. The standard InChI is InChI=1S/C22H20N2P.K/c1-14(2)13-25-22-16(5)7-8-17-9-10-18(15(3)4)11-19(17)21(22)20(12-23)24-6;/h5,7-11,14-15H,1-4H3;/b21-20-;. The third kappa shape index (κ3) is 3.85. The minimum atomic E-state index is -1.16. The summed E-state index contributed by atoms with van der Waals surface area (Å²) in [5, 5.41) is 10.8. The molecule has 0 fully saturated rings. The van der Waals surface area contributed by atoms with E-state index in [0.29, 0.717) is 11.8 Å². The zero-order valence-corrected chi connectivity index (χ0v) is 20.0. The predicted octanol–water partition coefficient (Wildman–Crippen LogP) is 5.50. The molecule has 2 nitrogen and oxygen atoms in total. The van der Waals surface area contributed by atoms with Gasteiger partial charge < -0.3 is 0 Å². The van der Waals surface area contributed by atoms with Crippen LogP contribution in [0.4, 0.5) is 0 Å². The minimum absolute atomic E-state index is 0.213. The zero-order valence-electron chi connectivity index (χ0n) is 16.0. The third-order valence-corrected chi connectivity index (χ3v) is 13.1. The van der Waals surface area contributed by atoms with Crippen molar-refractivity contribution in [2.75, 3.05) is 0 Å². The number of rotatable bonds is 2. The van der Waals surface area contributed by atoms with Gasteiger partial charge in [0.05, 0.1) is 0 Å². The first-order valence-corrected chi connectivity index (χ1v) is 13.5. The second kappa shape index (κ2) is 8.41.